The van der Waals surface area contributed by atoms with Crippen LogP contribution in [-0.4, -0.2) is 15.9 Å². The maximum absolute atomic E-state index is 2.67. The first kappa shape index (κ1) is 30.9. The SMILES string of the molecule is c1ccc(-c2cc3c4c(c2)c2cc(-n5c6ccc(-c7ccccc7)cc6c6cc(-c7ccccc7)ccc65)cc5c2n4B(c2ccccc2-3)c2ccccc2-5)cc1. The number of fused-ring (bicyclic) bond motifs is 10. The summed E-state index contributed by atoms with van der Waals surface area (Å²) in [5, 5.41) is 5.10. The van der Waals surface area contributed by atoms with Gasteiger partial charge in [0.15, 0.2) is 0 Å². The van der Waals surface area contributed by atoms with Crippen LogP contribution in [0, 0.1) is 0 Å². The fraction of sp³-hybridized carbons (Fsp3) is 0. The summed E-state index contributed by atoms with van der Waals surface area (Å²) in [7, 11) is 0. The molecule has 0 N–H and O–H groups in total. The molecule has 57 heavy (non-hydrogen) atoms. The van der Waals surface area contributed by atoms with Crippen LogP contribution in [0.2, 0.25) is 0 Å². The molecule has 11 aromatic rings. The van der Waals surface area contributed by atoms with Gasteiger partial charge in [0.05, 0.1) is 11.0 Å². The van der Waals surface area contributed by atoms with Gasteiger partial charge < -0.3 is 9.05 Å². The van der Waals surface area contributed by atoms with Crippen molar-refractivity contribution in [2.24, 2.45) is 0 Å². The molecule has 0 unspecified atom stereocenters. The third-order valence-corrected chi connectivity index (χ3v) is 12.7. The minimum Gasteiger partial charge on any atom is -0.375 e. The van der Waals surface area contributed by atoms with Crippen molar-refractivity contribution in [3.8, 4) is 61.3 Å². The molecular formula is C54H33BN2. The summed E-state index contributed by atoms with van der Waals surface area (Å²) in [5.74, 6) is 0. The van der Waals surface area contributed by atoms with Crippen LogP contribution in [0.3, 0.4) is 0 Å². The van der Waals surface area contributed by atoms with Crippen LogP contribution in [-0.2, 0) is 0 Å². The summed E-state index contributed by atoms with van der Waals surface area (Å²) in [6, 6.07) is 74.4. The molecule has 0 bridgehead atoms. The Morgan fingerprint density at radius 3 is 1.28 bits per heavy atom. The van der Waals surface area contributed by atoms with Crippen molar-refractivity contribution < 1.29 is 0 Å². The number of benzene rings is 9. The number of hydrogen-bond acceptors (Lipinski definition) is 0. The highest BCUT2D eigenvalue weighted by molar-refractivity contribution is 6.88. The predicted octanol–water partition coefficient (Wildman–Crippen LogP) is 12.5. The van der Waals surface area contributed by atoms with Crippen LogP contribution in [0.15, 0.2) is 200 Å². The van der Waals surface area contributed by atoms with Crippen molar-refractivity contribution in [2.75, 3.05) is 0 Å². The zero-order chi connectivity index (χ0) is 37.2. The standard InChI is InChI=1S/C54H33BN2/c1-4-14-34(15-5-1)37-24-26-51-43(28-37)44-29-38(35-16-6-2-7-17-35)25-27-52(44)56(51)40-32-47-42-21-11-13-23-50(42)55-49-22-12-10-20-41(49)45-30-39(36-18-8-3-9-19-36)31-46-48(33-40)54(47)57(55)53(45)46/h1-33H. The zero-order valence-electron chi connectivity index (χ0n) is 31.0. The maximum atomic E-state index is 2.67. The normalized spacial score (nSPS) is 12.5. The molecule has 9 aromatic carbocycles. The van der Waals surface area contributed by atoms with Crippen LogP contribution < -0.4 is 10.9 Å². The molecule has 0 aliphatic carbocycles. The van der Waals surface area contributed by atoms with E-state index in [0.717, 1.165) is 0 Å². The van der Waals surface area contributed by atoms with Crippen molar-refractivity contribution in [3.05, 3.63) is 200 Å². The largest absolute Gasteiger partial charge is 0.375 e. The molecule has 0 amide bonds. The van der Waals surface area contributed by atoms with Gasteiger partial charge in [0.1, 0.15) is 0 Å². The third kappa shape index (κ3) is 4.31. The van der Waals surface area contributed by atoms with Crippen LogP contribution >= 0.6 is 0 Å². The van der Waals surface area contributed by atoms with Crippen molar-refractivity contribution in [3.63, 3.8) is 0 Å². The van der Waals surface area contributed by atoms with Gasteiger partial charge in [-0.25, -0.2) is 0 Å². The second kappa shape index (κ2) is 11.6. The molecule has 2 aliphatic rings. The van der Waals surface area contributed by atoms with Crippen LogP contribution in [0.4, 0.5) is 0 Å². The Kier molecular flexibility index (Phi) is 6.28. The molecule has 0 radical (unpaired) electrons. The highest BCUT2D eigenvalue weighted by Gasteiger charge is 2.39. The van der Waals surface area contributed by atoms with Crippen LogP contribution in [0.25, 0.3) is 105 Å². The molecule has 13 rings (SSSR count). The first-order valence-corrected chi connectivity index (χ1v) is 19.9. The van der Waals surface area contributed by atoms with E-state index >= 15 is 0 Å². The van der Waals surface area contributed by atoms with Gasteiger partial charge in [0.25, 0.3) is 0 Å². The van der Waals surface area contributed by atoms with Gasteiger partial charge in [0.2, 0.25) is 0 Å². The third-order valence-electron chi connectivity index (χ3n) is 12.7. The lowest BCUT2D eigenvalue weighted by Crippen LogP contribution is -2.53. The van der Waals surface area contributed by atoms with E-state index in [2.05, 4.69) is 209 Å². The van der Waals surface area contributed by atoms with E-state index in [1.54, 1.807) is 0 Å². The van der Waals surface area contributed by atoms with Crippen molar-refractivity contribution in [1.29, 1.82) is 0 Å². The molecule has 2 aromatic heterocycles. The number of rotatable bonds is 4. The Morgan fingerprint density at radius 2 is 0.737 bits per heavy atom. The summed E-state index contributed by atoms with van der Waals surface area (Å²) >= 11 is 0. The first-order chi connectivity index (χ1) is 28.3. The summed E-state index contributed by atoms with van der Waals surface area (Å²) in [5.41, 5.74) is 21.5. The quantitative estimate of drug-likeness (QED) is 0.160. The van der Waals surface area contributed by atoms with Gasteiger partial charge in [-0.05, 0) is 104 Å². The molecule has 0 fully saturated rings. The molecule has 3 heteroatoms. The topological polar surface area (TPSA) is 9.86 Å². The molecule has 2 nitrogen and oxygen atoms in total. The lowest BCUT2D eigenvalue weighted by molar-refractivity contribution is 1.18. The predicted molar refractivity (Wildman–Crippen MR) is 241 cm³/mol. The monoisotopic (exact) mass is 720 g/mol. The first-order valence-electron chi connectivity index (χ1n) is 19.9. The average Bonchev–Trinajstić information content (AvgIpc) is 3.80. The number of hydrogen-bond donors (Lipinski definition) is 0. The van der Waals surface area contributed by atoms with E-state index in [0.29, 0.717) is 0 Å². The minimum absolute atomic E-state index is 0.104. The summed E-state index contributed by atoms with van der Waals surface area (Å²) in [6.45, 7) is 0.104. The number of aromatic nitrogens is 2. The van der Waals surface area contributed by atoms with Gasteiger partial charge in [-0.3, -0.25) is 0 Å². The fourth-order valence-electron chi connectivity index (χ4n) is 10.2. The second-order valence-corrected chi connectivity index (χ2v) is 15.7. The van der Waals surface area contributed by atoms with E-state index < -0.39 is 0 Å². The molecular weight excluding hydrogens is 687 g/mol. The van der Waals surface area contributed by atoms with E-state index in [4.69, 9.17) is 0 Å². The lowest BCUT2D eigenvalue weighted by Gasteiger charge is -2.32. The molecule has 0 atom stereocenters. The van der Waals surface area contributed by atoms with E-state index in [-0.39, 0.29) is 6.85 Å². The highest BCUT2D eigenvalue weighted by Crippen LogP contribution is 2.48. The molecule has 0 saturated heterocycles. The smallest absolute Gasteiger partial charge is 0.329 e. The van der Waals surface area contributed by atoms with Gasteiger partial charge in [-0.15, -0.1) is 0 Å². The number of nitrogens with zero attached hydrogens (tertiary/aromatic N) is 2. The van der Waals surface area contributed by atoms with Gasteiger partial charge >= 0.3 is 6.85 Å². The van der Waals surface area contributed by atoms with Crippen molar-refractivity contribution in [1.82, 2.24) is 9.05 Å². The highest BCUT2D eigenvalue weighted by atomic mass is 15.0. The molecule has 0 spiro atoms. The lowest BCUT2D eigenvalue weighted by atomic mass is 9.45. The van der Waals surface area contributed by atoms with Crippen molar-refractivity contribution in [2.45, 2.75) is 0 Å². The fourth-order valence-corrected chi connectivity index (χ4v) is 10.2. The molecule has 2 aliphatic heterocycles. The van der Waals surface area contributed by atoms with E-state index in [1.165, 1.54) is 116 Å². The van der Waals surface area contributed by atoms with Crippen molar-refractivity contribution >= 4 is 61.4 Å². The zero-order valence-corrected chi connectivity index (χ0v) is 31.0. The van der Waals surface area contributed by atoms with Gasteiger partial charge in [-0.1, -0.05) is 152 Å². The van der Waals surface area contributed by atoms with Gasteiger partial charge in [0, 0.05) is 49.4 Å². The Hall–Kier alpha value is -7.36. The van der Waals surface area contributed by atoms with E-state index in [9.17, 15) is 0 Å². The van der Waals surface area contributed by atoms with Gasteiger partial charge in [-0.2, -0.15) is 0 Å². The summed E-state index contributed by atoms with van der Waals surface area (Å²) in [6.07, 6.45) is 0. The average molecular weight is 721 g/mol. The van der Waals surface area contributed by atoms with Crippen LogP contribution in [0.5, 0.6) is 0 Å². The summed E-state index contributed by atoms with van der Waals surface area (Å²) in [4.78, 5) is 0. The Bertz CT molecular complexity index is 3350. The summed E-state index contributed by atoms with van der Waals surface area (Å²) < 4.78 is 5.18. The Morgan fingerprint density at radius 1 is 0.298 bits per heavy atom. The molecule has 0 saturated carbocycles. The second-order valence-electron chi connectivity index (χ2n) is 15.7. The van der Waals surface area contributed by atoms with E-state index in [1.807, 2.05) is 0 Å². The maximum Gasteiger partial charge on any atom is 0.329 e. The molecule has 4 heterocycles. The Balaban J connectivity index is 1.16. The minimum atomic E-state index is 0.104. The van der Waals surface area contributed by atoms with Crippen LogP contribution in [0.1, 0.15) is 0 Å². The Labute approximate surface area is 330 Å². The molecule has 262 valence electrons.